The number of likely N-dealkylation sites (N-methyl/N-ethyl adjacent to an activating group) is 2. The minimum atomic E-state index is -0.161. The zero-order chi connectivity index (χ0) is 14.6. The Balaban J connectivity index is 2.95. The Morgan fingerprint density at radius 1 is 1.21 bits per heavy atom. The second kappa shape index (κ2) is 7.05. The molecule has 0 atom stereocenters. The van der Waals surface area contributed by atoms with E-state index in [-0.39, 0.29) is 18.4 Å². The normalized spacial score (nSPS) is 10.2. The van der Waals surface area contributed by atoms with Gasteiger partial charge >= 0.3 is 0 Å². The molecule has 0 aliphatic carbocycles. The Morgan fingerprint density at radius 2 is 1.84 bits per heavy atom. The van der Waals surface area contributed by atoms with Crippen LogP contribution >= 0.6 is 31.9 Å². The van der Waals surface area contributed by atoms with Gasteiger partial charge in [-0.15, -0.1) is 0 Å². The summed E-state index contributed by atoms with van der Waals surface area (Å²) in [6, 6.07) is 5.40. The van der Waals surface area contributed by atoms with Crippen molar-refractivity contribution in [2.45, 2.75) is 6.92 Å². The first-order valence-corrected chi connectivity index (χ1v) is 7.39. The van der Waals surface area contributed by atoms with E-state index in [1.165, 1.54) is 9.80 Å². The maximum Gasteiger partial charge on any atom is 0.255 e. The summed E-state index contributed by atoms with van der Waals surface area (Å²) in [6.07, 6.45) is 0. The fraction of sp³-hybridized carbons (Fsp3) is 0.385. The van der Waals surface area contributed by atoms with Gasteiger partial charge in [-0.1, -0.05) is 15.9 Å². The van der Waals surface area contributed by atoms with E-state index < -0.39 is 0 Å². The minimum absolute atomic E-state index is 0.0846. The number of benzene rings is 1. The van der Waals surface area contributed by atoms with Gasteiger partial charge in [0.05, 0.1) is 12.1 Å². The molecule has 0 aromatic heterocycles. The molecule has 0 aliphatic heterocycles. The third-order valence-electron chi connectivity index (χ3n) is 2.65. The number of hydrogen-bond acceptors (Lipinski definition) is 2. The van der Waals surface area contributed by atoms with Crippen molar-refractivity contribution < 1.29 is 9.59 Å². The van der Waals surface area contributed by atoms with E-state index in [1.807, 2.05) is 13.0 Å². The molecule has 0 heterocycles. The lowest BCUT2D eigenvalue weighted by molar-refractivity contribution is -0.129. The van der Waals surface area contributed by atoms with Crippen LogP contribution in [-0.4, -0.2) is 48.8 Å². The van der Waals surface area contributed by atoms with E-state index in [4.69, 9.17) is 0 Å². The standard InChI is InChI=1S/C13H16Br2N2O2/c1-4-17(8-12(18)16(2)3)13(19)10-7-9(14)5-6-11(10)15/h5-7H,4,8H2,1-3H3. The highest BCUT2D eigenvalue weighted by atomic mass is 79.9. The van der Waals surface area contributed by atoms with Crippen LogP contribution in [0.5, 0.6) is 0 Å². The molecule has 0 saturated carbocycles. The molecular formula is C13H16Br2N2O2. The molecule has 0 saturated heterocycles. The predicted octanol–water partition coefficient (Wildman–Crippen LogP) is 2.76. The molecule has 1 aromatic rings. The van der Waals surface area contributed by atoms with Crippen LogP contribution in [0.4, 0.5) is 0 Å². The number of nitrogens with zero attached hydrogens (tertiary/aromatic N) is 2. The molecular weight excluding hydrogens is 376 g/mol. The summed E-state index contributed by atoms with van der Waals surface area (Å²) >= 11 is 6.70. The van der Waals surface area contributed by atoms with Crippen LogP contribution in [0.15, 0.2) is 27.1 Å². The topological polar surface area (TPSA) is 40.6 Å². The van der Waals surface area contributed by atoms with Crippen molar-refractivity contribution in [2.24, 2.45) is 0 Å². The van der Waals surface area contributed by atoms with E-state index in [0.29, 0.717) is 12.1 Å². The first-order chi connectivity index (χ1) is 8.86. The molecule has 2 amide bonds. The summed E-state index contributed by atoms with van der Waals surface area (Å²) in [5.74, 6) is -0.257. The fourth-order valence-electron chi connectivity index (χ4n) is 1.46. The molecule has 19 heavy (non-hydrogen) atoms. The fourth-order valence-corrected chi connectivity index (χ4v) is 2.24. The van der Waals surface area contributed by atoms with Crippen molar-refractivity contribution in [1.29, 1.82) is 0 Å². The Morgan fingerprint density at radius 3 is 2.37 bits per heavy atom. The molecule has 0 radical (unpaired) electrons. The molecule has 0 fully saturated rings. The molecule has 0 spiro atoms. The van der Waals surface area contributed by atoms with E-state index in [2.05, 4.69) is 31.9 Å². The number of carbonyl (C=O) groups excluding carboxylic acids is 2. The number of rotatable bonds is 4. The maximum absolute atomic E-state index is 12.4. The molecule has 0 aliphatic rings. The van der Waals surface area contributed by atoms with Gasteiger partial charge < -0.3 is 9.80 Å². The zero-order valence-electron chi connectivity index (χ0n) is 11.1. The van der Waals surface area contributed by atoms with Crippen molar-refractivity contribution in [1.82, 2.24) is 9.80 Å². The maximum atomic E-state index is 12.4. The third-order valence-corrected chi connectivity index (χ3v) is 3.84. The van der Waals surface area contributed by atoms with E-state index >= 15 is 0 Å². The second-order valence-electron chi connectivity index (χ2n) is 4.23. The average Bonchev–Trinajstić information content (AvgIpc) is 2.37. The van der Waals surface area contributed by atoms with Crippen LogP contribution in [0.3, 0.4) is 0 Å². The van der Waals surface area contributed by atoms with Gasteiger partial charge in [0.15, 0.2) is 0 Å². The van der Waals surface area contributed by atoms with Crippen molar-refractivity contribution >= 4 is 43.7 Å². The summed E-state index contributed by atoms with van der Waals surface area (Å²) in [4.78, 5) is 27.1. The lowest BCUT2D eigenvalue weighted by Crippen LogP contribution is -2.40. The molecule has 1 aromatic carbocycles. The summed E-state index contributed by atoms with van der Waals surface area (Å²) in [5.41, 5.74) is 0.544. The van der Waals surface area contributed by atoms with Crippen LogP contribution in [0.1, 0.15) is 17.3 Å². The van der Waals surface area contributed by atoms with Crippen molar-refractivity contribution in [2.75, 3.05) is 27.2 Å². The smallest absolute Gasteiger partial charge is 0.255 e. The van der Waals surface area contributed by atoms with Gasteiger partial charge in [0, 0.05) is 29.6 Å². The Kier molecular flexibility index (Phi) is 6.00. The van der Waals surface area contributed by atoms with Gasteiger partial charge in [-0.05, 0) is 41.1 Å². The first-order valence-electron chi connectivity index (χ1n) is 5.81. The first kappa shape index (κ1) is 16.2. The molecule has 0 N–H and O–H groups in total. The average molecular weight is 392 g/mol. The highest BCUT2D eigenvalue weighted by Gasteiger charge is 2.20. The summed E-state index contributed by atoms with van der Waals surface area (Å²) in [6.45, 7) is 2.42. The SMILES string of the molecule is CCN(CC(=O)N(C)C)C(=O)c1cc(Br)ccc1Br. The van der Waals surface area contributed by atoms with E-state index in [9.17, 15) is 9.59 Å². The Labute approximate surface area is 130 Å². The van der Waals surface area contributed by atoms with Crippen LogP contribution in [0.2, 0.25) is 0 Å². The van der Waals surface area contributed by atoms with Crippen molar-refractivity contribution in [3.8, 4) is 0 Å². The van der Waals surface area contributed by atoms with Gasteiger partial charge in [-0.3, -0.25) is 9.59 Å². The van der Waals surface area contributed by atoms with E-state index in [1.54, 1.807) is 26.2 Å². The van der Waals surface area contributed by atoms with Crippen molar-refractivity contribution in [3.63, 3.8) is 0 Å². The minimum Gasteiger partial charge on any atom is -0.347 e. The molecule has 6 heteroatoms. The Bertz CT molecular complexity index is 490. The van der Waals surface area contributed by atoms with Crippen LogP contribution in [0.25, 0.3) is 0 Å². The largest absolute Gasteiger partial charge is 0.347 e. The molecule has 0 unspecified atom stereocenters. The highest BCUT2D eigenvalue weighted by molar-refractivity contribution is 9.11. The number of carbonyl (C=O) groups is 2. The zero-order valence-corrected chi connectivity index (χ0v) is 14.3. The van der Waals surface area contributed by atoms with Crippen molar-refractivity contribution in [3.05, 3.63) is 32.7 Å². The van der Waals surface area contributed by atoms with Gasteiger partial charge in [0.1, 0.15) is 0 Å². The second-order valence-corrected chi connectivity index (χ2v) is 6.00. The Hall–Kier alpha value is -0.880. The molecule has 1 rings (SSSR count). The van der Waals surface area contributed by atoms with Gasteiger partial charge in [-0.25, -0.2) is 0 Å². The summed E-state index contributed by atoms with van der Waals surface area (Å²) in [5, 5.41) is 0. The number of amides is 2. The molecule has 104 valence electrons. The van der Waals surface area contributed by atoms with Crippen LogP contribution in [0, 0.1) is 0 Å². The number of hydrogen-bond donors (Lipinski definition) is 0. The van der Waals surface area contributed by atoms with Gasteiger partial charge in [0.25, 0.3) is 5.91 Å². The predicted molar refractivity (Wildman–Crippen MR) is 82.1 cm³/mol. The summed E-state index contributed by atoms with van der Waals surface area (Å²) < 4.78 is 1.55. The monoisotopic (exact) mass is 390 g/mol. The van der Waals surface area contributed by atoms with Gasteiger partial charge in [0.2, 0.25) is 5.91 Å². The van der Waals surface area contributed by atoms with E-state index in [0.717, 1.165) is 8.95 Å². The number of halogens is 2. The van der Waals surface area contributed by atoms with Crippen LogP contribution in [-0.2, 0) is 4.79 Å². The lowest BCUT2D eigenvalue weighted by Gasteiger charge is -2.22. The quantitative estimate of drug-likeness (QED) is 0.791. The summed E-state index contributed by atoms with van der Waals surface area (Å²) in [7, 11) is 3.35. The molecule has 4 nitrogen and oxygen atoms in total. The molecule has 0 bridgehead atoms. The van der Waals surface area contributed by atoms with Crippen LogP contribution < -0.4 is 0 Å². The third kappa shape index (κ3) is 4.31. The highest BCUT2D eigenvalue weighted by Crippen LogP contribution is 2.23. The van der Waals surface area contributed by atoms with Gasteiger partial charge in [-0.2, -0.15) is 0 Å². The lowest BCUT2D eigenvalue weighted by atomic mass is 10.2.